The van der Waals surface area contributed by atoms with Crippen molar-refractivity contribution in [3.8, 4) is 0 Å². The van der Waals surface area contributed by atoms with E-state index in [2.05, 4.69) is 0 Å². The number of ether oxygens (including phenoxy) is 1. The van der Waals surface area contributed by atoms with Crippen molar-refractivity contribution in [2.75, 3.05) is 26.3 Å². The highest BCUT2D eigenvalue weighted by Crippen LogP contribution is 2.25. The average molecular weight is 319 g/mol. The summed E-state index contributed by atoms with van der Waals surface area (Å²) in [6.45, 7) is 3.14. The van der Waals surface area contributed by atoms with Gasteiger partial charge in [0.2, 0.25) is 5.91 Å². The van der Waals surface area contributed by atoms with Crippen LogP contribution in [0.25, 0.3) is 0 Å². The zero-order valence-electron chi connectivity index (χ0n) is 13.7. The molecule has 0 radical (unpaired) electrons. The highest BCUT2D eigenvalue weighted by molar-refractivity contribution is 5.79. The van der Waals surface area contributed by atoms with Crippen LogP contribution in [0.5, 0.6) is 0 Å². The normalized spacial score (nSPS) is 23.0. The molecule has 2 saturated heterocycles. The van der Waals surface area contributed by atoms with E-state index >= 15 is 0 Å². The predicted molar refractivity (Wildman–Crippen MR) is 87.6 cm³/mol. The first-order valence-corrected chi connectivity index (χ1v) is 8.84. The van der Waals surface area contributed by atoms with Gasteiger partial charge in [-0.3, -0.25) is 4.79 Å². The molecule has 1 amide bonds. The van der Waals surface area contributed by atoms with Crippen LogP contribution in [0.15, 0.2) is 24.3 Å². The molecule has 0 saturated carbocycles. The van der Waals surface area contributed by atoms with Gasteiger partial charge < -0.3 is 9.64 Å². The van der Waals surface area contributed by atoms with Gasteiger partial charge in [0, 0.05) is 32.2 Å². The second-order valence-corrected chi connectivity index (χ2v) is 6.81. The number of amides is 1. The number of likely N-dealkylation sites (tertiary alicyclic amines) is 1. The lowest BCUT2D eigenvalue weighted by molar-refractivity contribution is -0.140. The Morgan fingerprint density at radius 2 is 2.00 bits per heavy atom. The van der Waals surface area contributed by atoms with Crippen molar-refractivity contribution in [3.63, 3.8) is 0 Å². The minimum absolute atomic E-state index is 0.113. The predicted octanol–water partition coefficient (Wildman–Crippen LogP) is 3.42. The quantitative estimate of drug-likeness (QED) is 0.851. The maximum absolute atomic E-state index is 13.7. The molecule has 126 valence electrons. The third-order valence-electron chi connectivity index (χ3n) is 5.18. The summed E-state index contributed by atoms with van der Waals surface area (Å²) in [5, 5.41) is 0. The fourth-order valence-corrected chi connectivity index (χ4v) is 3.76. The van der Waals surface area contributed by atoms with Crippen LogP contribution >= 0.6 is 0 Å². The van der Waals surface area contributed by atoms with Crippen LogP contribution < -0.4 is 0 Å². The molecule has 23 heavy (non-hydrogen) atoms. The van der Waals surface area contributed by atoms with E-state index in [-0.39, 0.29) is 11.7 Å². The van der Waals surface area contributed by atoms with Crippen LogP contribution in [0.4, 0.5) is 4.39 Å². The largest absolute Gasteiger partial charge is 0.381 e. The summed E-state index contributed by atoms with van der Waals surface area (Å²) in [7, 11) is 0. The highest BCUT2D eigenvalue weighted by Gasteiger charge is 2.29. The Hall–Kier alpha value is -1.42. The van der Waals surface area contributed by atoms with Crippen molar-refractivity contribution in [1.29, 1.82) is 0 Å². The number of benzene rings is 1. The van der Waals surface area contributed by atoms with Gasteiger partial charge in [0.05, 0.1) is 0 Å². The number of aryl methyl sites for hydroxylation is 1. The summed E-state index contributed by atoms with van der Waals surface area (Å²) in [5.74, 6) is 0.837. The molecule has 0 bridgehead atoms. The summed E-state index contributed by atoms with van der Waals surface area (Å²) < 4.78 is 19.1. The number of piperidine rings is 1. The van der Waals surface area contributed by atoms with E-state index in [1.807, 2.05) is 17.0 Å². The first kappa shape index (κ1) is 16.4. The van der Waals surface area contributed by atoms with Crippen LogP contribution in [0.1, 0.15) is 37.7 Å². The first-order chi connectivity index (χ1) is 11.2. The van der Waals surface area contributed by atoms with Crippen molar-refractivity contribution in [2.45, 2.75) is 38.5 Å². The summed E-state index contributed by atoms with van der Waals surface area (Å²) in [6.07, 6.45) is 5.64. The number of nitrogens with zero attached hydrogens (tertiary/aromatic N) is 1. The van der Waals surface area contributed by atoms with Crippen molar-refractivity contribution in [2.24, 2.45) is 11.8 Å². The Bertz CT molecular complexity index is 528. The molecule has 2 aliphatic heterocycles. The van der Waals surface area contributed by atoms with Gasteiger partial charge in [-0.05, 0) is 56.1 Å². The number of hydrogen-bond acceptors (Lipinski definition) is 2. The van der Waals surface area contributed by atoms with Gasteiger partial charge in [0.15, 0.2) is 0 Å². The maximum Gasteiger partial charge on any atom is 0.225 e. The first-order valence-electron chi connectivity index (χ1n) is 8.84. The van der Waals surface area contributed by atoms with Gasteiger partial charge >= 0.3 is 0 Å². The number of carbonyl (C=O) groups is 1. The Balaban J connectivity index is 1.51. The molecule has 3 nitrogen and oxygen atoms in total. The molecule has 2 aliphatic rings. The summed E-state index contributed by atoms with van der Waals surface area (Å²) in [6, 6.07) is 7.01. The van der Waals surface area contributed by atoms with Crippen molar-refractivity contribution >= 4 is 5.91 Å². The van der Waals surface area contributed by atoms with Crippen LogP contribution in [-0.4, -0.2) is 37.1 Å². The lowest BCUT2D eigenvalue weighted by Crippen LogP contribution is -2.44. The SMILES string of the molecule is O=C(C1CCOCC1)N1CCCC(CCc2ccccc2F)C1. The van der Waals surface area contributed by atoms with E-state index < -0.39 is 0 Å². The van der Waals surface area contributed by atoms with Gasteiger partial charge in [-0.15, -0.1) is 0 Å². The molecule has 1 aromatic carbocycles. The van der Waals surface area contributed by atoms with E-state index in [1.54, 1.807) is 6.07 Å². The number of rotatable bonds is 4. The molecule has 3 rings (SSSR count). The van der Waals surface area contributed by atoms with E-state index in [0.717, 1.165) is 57.2 Å². The smallest absolute Gasteiger partial charge is 0.225 e. The Morgan fingerprint density at radius 1 is 1.22 bits per heavy atom. The van der Waals surface area contributed by atoms with Crippen molar-refractivity contribution < 1.29 is 13.9 Å². The third kappa shape index (κ3) is 4.31. The summed E-state index contributed by atoms with van der Waals surface area (Å²) in [4.78, 5) is 14.7. The molecule has 2 fully saturated rings. The van der Waals surface area contributed by atoms with Gasteiger partial charge in [-0.2, -0.15) is 0 Å². The molecule has 0 aliphatic carbocycles. The molecule has 0 spiro atoms. The van der Waals surface area contributed by atoms with E-state index in [1.165, 1.54) is 6.07 Å². The van der Waals surface area contributed by atoms with Crippen molar-refractivity contribution in [3.05, 3.63) is 35.6 Å². The van der Waals surface area contributed by atoms with Crippen LogP contribution in [0, 0.1) is 17.7 Å². The lowest BCUT2D eigenvalue weighted by Gasteiger charge is -2.36. The molecule has 1 aromatic rings. The van der Waals surface area contributed by atoms with Gasteiger partial charge in [-0.1, -0.05) is 18.2 Å². The number of halogens is 1. The number of hydrogen-bond donors (Lipinski definition) is 0. The summed E-state index contributed by atoms with van der Waals surface area (Å²) >= 11 is 0. The zero-order valence-corrected chi connectivity index (χ0v) is 13.7. The number of carbonyl (C=O) groups excluding carboxylic acids is 1. The van der Waals surface area contributed by atoms with E-state index in [9.17, 15) is 9.18 Å². The molecule has 1 atom stereocenters. The molecule has 2 heterocycles. The van der Waals surface area contributed by atoms with Gasteiger partial charge in [0.1, 0.15) is 5.82 Å². The topological polar surface area (TPSA) is 29.5 Å². The van der Waals surface area contributed by atoms with Gasteiger partial charge in [0.25, 0.3) is 0 Å². The Morgan fingerprint density at radius 3 is 2.78 bits per heavy atom. The highest BCUT2D eigenvalue weighted by atomic mass is 19.1. The second-order valence-electron chi connectivity index (χ2n) is 6.81. The minimum atomic E-state index is -0.113. The van der Waals surface area contributed by atoms with Crippen LogP contribution in [0.3, 0.4) is 0 Å². The summed E-state index contributed by atoms with van der Waals surface area (Å²) in [5.41, 5.74) is 0.792. The molecular weight excluding hydrogens is 293 g/mol. The minimum Gasteiger partial charge on any atom is -0.381 e. The fourth-order valence-electron chi connectivity index (χ4n) is 3.76. The Labute approximate surface area is 137 Å². The molecule has 4 heteroatoms. The van der Waals surface area contributed by atoms with Crippen LogP contribution in [-0.2, 0) is 16.0 Å². The zero-order chi connectivity index (χ0) is 16.1. The maximum atomic E-state index is 13.7. The van der Waals surface area contributed by atoms with E-state index in [0.29, 0.717) is 25.0 Å². The molecule has 0 N–H and O–H groups in total. The molecule has 1 unspecified atom stereocenters. The lowest BCUT2D eigenvalue weighted by atomic mass is 9.90. The van der Waals surface area contributed by atoms with Crippen LogP contribution in [0.2, 0.25) is 0 Å². The van der Waals surface area contributed by atoms with Gasteiger partial charge in [-0.25, -0.2) is 4.39 Å². The average Bonchev–Trinajstić information content (AvgIpc) is 2.61. The van der Waals surface area contributed by atoms with Crippen molar-refractivity contribution in [1.82, 2.24) is 4.90 Å². The van der Waals surface area contributed by atoms with E-state index in [4.69, 9.17) is 4.74 Å². The molecular formula is C19H26FNO2. The Kier molecular flexibility index (Phi) is 5.65. The third-order valence-corrected chi connectivity index (χ3v) is 5.18. The standard InChI is InChI=1S/C19H26FNO2/c20-18-6-2-1-5-16(18)8-7-15-4-3-11-21(14-15)19(22)17-9-12-23-13-10-17/h1-2,5-6,15,17H,3-4,7-14H2. The molecule has 0 aromatic heterocycles. The second kappa shape index (κ2) is 7.91. The monoisotopic (exact) mass is 319 g/mol. The fraction of sp³-hybridized carbons (Fsp3) is 0.632.